The van der Waals surface area contributed by atoms with Gasteiger partial charge in [0.15, 0.2) is 5.96 Å². The van der Waals surface area contributed by atoms with E-state index in [2.05, 4.69) is 35.7 Å². The second-order valence-electron chi connectivity index (χ2n) is 4.08. The Bertz CT molecular complexity index is 304. The molecule has 0 saturated heterocycles. The Balaban J connectivity index is 2.46. The first-order chi connectivity index (χ1) is 7.09. The van der Waals surface area contributed by atoms with Crippen molar-refractivity contribution in [2.75, 3.05) is 13.6 Å². The van der Waals surface area contributed by atoms with Crippen molar-refractivity contribution in [1.29, 1.82) is 0 Å². The Hall–Kier alpha value is -1.03. The van der Waals surface area contributed by atoms with Gasteiger partial charge in [0.25, 0.3) is 0 Å². The fraction of sp³-hybridized carbons (Fsp3) is 0.545. The lowest BCUT2D eigenvalue weighted by atomic mass is 10.2. The number of hydrogen-bond acceptors (Lipinski definition) is 2. The molecule has 1 rings (SSSR count). The van der Waals surface area contributed by atoms with Gasteiger partial charge in [0.1, 0.15) is 0 Å². The van der Waals surface area contributed by atoms with Gasteiger partial charge < -0.3 is 10.6 Å². The van der Waals surface area contributed by atoms with E-state index in [0.29, 0.717) is 11.9 Å². The average Bonchev–Trinajstić information content (AvgIpc) is 2.66. The van der Waals surface area contributed by atoms with Gasteiger partial charge in [0.05, 0.1) is 0 Å². The van der Waals surface area contributed by atoms with Gasteiger partial charge in [-0.25, -0.2) is 0 Å². The molecule has 0 fully saturated rings. The van der Waals surface area contributed by atoms with Crippen LogP contribution in [0.25, 0.3) is 0 Å². The molecule has 1 heterocycles. The molecule has 4 heteroatoms. The van der Waals surface area contributed by atoms with Crippen LogP contribution in [0.2, 0.25) is 0 Å². The van der Waals surface area contributed by atoms with Gasteiger partial charge in [0.2, 0.25) is 0 Å². The maximum absolute atomic E-state index is 5.86. The third kappa shape index (κ3) is 4.34. The molecular weight excluding hydrogens is 206 g/mol. The molecule has 3 nitrogen and oxygen atoms in total. The molecule has 0 amide bonds. The zero-order valence-corrected chi connectivity index (χ0v) is 10.4. The van der Waals surface area contributed by atoms with Gasteiger partial charge in [-0.3, -0.25) is 4.99 Å². The summed E-state index contributed by atoms with van der Waals surface area (Å²) in [5, 5.41) is 4.21. The van der Waals surface area contributed by atoms with Crippen LogP contribution in [-0.2, 0) is 6.54 Å². The Morgan fingerprint density at radius 3 is 2.87 bits per heavy atom. The number of hydrogen-bond donors (Lipinski definition) is 1. The quantitative estimate of drug-likeness (QED) is 0.630. The van der Waals surface area contributed by atoms with Crippen LogP contribution in [-0.4, -0.2) is 24.5 Å². The topological polar surface area (TPSA) is 41.6 Å². The van der Waals surface area contributed by atoms with Crippen LogP contribution in [0.5, 0.6) is 0 Å². The van der Waals surface area contributed by atoms with Crippen LogP contribution in [0, 0.1) is 5.92 Å². The molecule has 0 unspecified atom stereocenters. The van der Waals surface area contributed by atoms with Crippen molar-refractivity contribution in [2.45, 2.75) is 20.4 Å². The number of guanidine groups is 1. The van der Waals surface area contributed by atoms with Gasteiger partial charge in [-0.1, -0.05) is 13.8 Å². The van der Waals surface area contributed by atoms with Crippen LogP contribution in [0.1, 0.15) is 19.4 Å². The molecular formula is C11H19N3S. The lowest BCUT2D eigenvalue weighted by Crippen LogP contribution is -2.33. The van der Waals surface area contributed by atoms with Crippen molar-refractivity contribution in [3.8, 4) is 0 Å². The molecule has 0 aliphatic heterocycles. The van der Waals surface area contributed by atoms with Gasteiger partial charge >= 0.3 is 0 Å². The second kappa shape index (κ2) is 5.75. The zero-order chi connectivity index (χ0) is 11.3. The molecule has 1 aromatic heterocycles. The van der Waals surface area contributed by atoms with E-state index >= 15 is 0 Å². The molecule has 0 radical (unpaired) electrons. The lowest BCUT2D eigenvalue weighted by Gasteiger charge is -2.17. The standard InChI is InChI=1S/C11H19N3S/c1-9(2)6-13-11(12)14(3)7-10-4-5-15-8-10/h4-5,8-9H,6-7H2,1-3H3,(H2,12,13). The number of nitrogens with two attached hydrogens (primary N) is 1. The van der Waals surface area contributed by atoms with Crippen molar-refractivity contribution in [3.63, 3.8) is 0 Å². The molecule has 0 saturated carbocycles. The third-order valence-electron chi connectivity index (χ3n) is 2.01. The fourth-order valence-electron chi connectivity index (χ4n) is 1.13. The highest BCUT2D eigenvalue weighted by atomic mass is 32.1. The minimum Gasteiger partial charge on any atom is -0.370 e. The van der Waals surface area contributed by atoms with Gasteiger partial charge in [0, 0.05) is 20.1 Å². The Morgan fingerprint density at radius 2 is 2.33 bits per heavy atom. The first-order valence-corrected chi connectivity index (χ1v) is 6.06. The molecule has 2 N–H and O–H groups in total. The summed E-state index contributed by atoms with van der Waals surface area (Å²) in [5.74, 6) is 1.17. The molecule has 0 spiro atoms. The van der Waals surface area contributed by atoms with Crippen LogP contribution in [0.15, 0.2) is 21.8 Å². The Kier molecular flexibility index (Phi) is 4.62. The molecule has 0 atom stereocenters. The summed E-state index contributed by atoms with van der Waals surface area (Å²) in [6.07, 6.45) is 0. The summed E-state index contributed by atoms with van der Waals surface area (Å²) >= 11 is 1.70. The van der Waals surface area contributed by atoms with Crippen molar-refractivity contribution < 1.29 is 0 Å². The maximum atomic E-state index is 5.86. The summed E-state index contributed by atoms with van der Waals surface area (Å²) in [6, 6.07) is 2.11. The predicted molar refractivity (Wildman–Crippen MR) is 67.1 cm³/mol. The SMILES string of the molecule is CC(C)CN=C(N)N(C)Cc1ccsc1. The summed E-state index contributed by atoms with van der Waals surface area (Å²) < 4.78 is 0. The monoisotopic (exact) mass is 225 g/mol. The molecule has 1 aromatic rings. The first kappa shape index (κ1) is 12.0. The average molecular weight is 225 g/mol. The third-order valence-corrected chi connectivity index (χ3v) is 2.74. The van der Waals surface area contributed by atoms with E-state index in [1.165, 1.54) is 5.56 Å². The molecule has 84 valence electrons. The second-order valence-corrected chi connectivity index (χ2v) is 4.86. The van der Waals surface area contributed by atoms with Gasteiger partial charge in [-0.2, -0.15) is 11.3 Å². The number of nitrogens with zero attached hydrogens (tertiary/aromatic N) is 2. The number of rotatable bonds is 4. The largest absolute Gasteiger partial charge is 0.370 e. The highest BCUT2D eigenvalue weighted by molar-refractivity contribution is 7.07. The normalized spacial score (nSPS) is 12.1. The van der Waals surface area contributed by atoms with E-state index in [1.807, 2.05) is 11.9 Å². The molecule has 0 bridgehead atoms. The van der Waals surface area contributed by atoms with E-state index < -0.39 is 0 Å². The lowest BCUT2D eigenvalue weighted by molar-refractivity contribution is 0.490. The van der Waals surface area contributed by atoms with Gasteiger partial charge in [-0.15, -0.1) is 0 Å². The predicted octanol–water partition coefficient (Wildman–Crippen LogP) is 2.15. The Labute approximate surface area is 95.6 Å². The van der Waals surface area contributed by atoms with Crippen molar-refractivity contribution in [3.05, 3.63) is 22.4 Å². The number of thiophene rings is 1. The molecule has 0 aliphatic carbocycles. The fourth-order valence-corrected chi connectivity index (χ4v) is 1.79. The Morgan fingerprint density at radius 1 is 1.60 bits per heavy atom. The molecule has 0 aromatic carbocycles. The summed E-state index contributed by atoms with van der Waals surface area (Å²) in [6.45, 7) is 5.89. The minimum atomic E-state index is 0.554. The van der Waals surface area contributed by atoms with E-state index in [1.54, 1.807) is 11.3 Å². The first-order valence-electron chi connectivity index (χ1n) is 5.11. The van der Waals surface area contributed by atoms with Crippen molar-refractivity contribution in [1.82, 2.24) is 4.90 Å². The zero-order valence-electron chi connectivity index (χ0n) is 9.60. The summed E-state index contributed by atoms with van der Waals surface area (Å²) in [7, 11) is 1.97. The molecule has 15 heavy (non-hydrogen) atoms. The highest BCUT2D eigenvalue weighted by Crippen LogP contribution is 2.08. The van der Waals surface area contributed by atoms with E-state index in [9.17, 15) is 0 Å². The minimum absolute atomic E-state index is 0.554. The summed E-state index contributed by atoms with van der Waals surface area (Å²) in [4.78, 5) is 6.30. The maximum Gasteiger partial charge on any atom is 0.191 e. The van der Waals surface area contributed by atoms with Crippen LogP contribution >= 0.6 is 11.3 Å². The molecule has 0 aliphatic rings. The van der Waals surface area contributed by atoms with Crippen LogP contribution in [0.4, 0.5) is 0 Å². The van der Waals surface area contributed by atoms with E-state index in [-0.39, 0.29) is 0 Å². The highest BCUT2D eigenvalue weighted by Gasteiger charge is 2.03. The smallest absolute Gasteiger partial charge is 0.191 e. The number of aliphatic imine (C=N–C) groups is 1. The van der Waals surface area contributed by atoms with E-state index in [4.69, 9.17) is 5.73 Å². The van der Waals surface area contributed by atoms with Crippen LogP contribution in [0.3, 0.4) is 0 Å². The van der Waals surface area contributed by atoms with Crippen molar-refractivity contribution >= 4 is 17.3 Å². The summed E-state index contributed by atoms with van der Waals surface area (Å²) in [5.41, 5.74) is 7.14. The van der Waals surface area contributed by atoms with Crippen molar-refractivity contribution in [2.24, 2.45) is 16.6 Å². The van der Waals surface area contributed by atoms with E-state index in [0.717, 1.165) is 13.1 Å². The van der Waals surface area contributed by atoms with Gasteiger partial charge in [-0.05, 0) is 28.3 Å². The van der Waals surface area contributed by atoms with Crippen LogP contribution < -0.4 is 5.73 Å².